The van der Waals surface area contributed by atoms with Gasteiger partial charge in [-0.15, -0.1) is 0 Å². The maximum Gasteiger partial charge on any atom is 0.472 e. The largest absolute Gasteiger partial charge is 0.472 e. The standard InChI is InChI=1S/C12H23O8P/c1-4-7-18-21(15,16)19-9-10(20-12(14)6-3)8-17-11(13)5-2/h10H,4-9H2,1-3H3,(H,15,16)/t10-/m0/s1. The molecule has 0 aromatic rings. The highest BCUT2D eigenvalue weighted by molar-refractivity contribution is 7.47. The molecule has 0 saturated carbocycles. The van der Waals surface area contributed by atoms with Crippen LogP contribution in [0.1, 0.15) is 40.0 Å². The minimum Gasteiger partial charge on any atom is -0.462 e. The summed E-state index contributed by atoms with van der Waals surface area (Å²) in [5, 5.41) is 0. The minimum atomic E-state index is -4.20. The monoisotopic (exact) mass is 326 g/mol. The van der Waals surface area contributed by atoms with Crippen LogP contribution in [0.2, 0.25) is 0 Å². The molecular weight excluding hydrogens is 303 g/mol. The predicted octanol–water partition coefficient (Wildman–Crippen LogP) is 1.80. The van der Waals surface area contributed by atoms with Crippen LogP contribution in [-0.2, 0) is 32.7 Å². The molecule has 0 amide bonds. The fraction of sp³-hybridized carbons (Fsp3) is 0.833. The van der Waals surface area contributed by atoms with Gasteiger partial charge in [-0.1, -0.05) is 20.8 Å². The lowest BCUT2D eigenvalue weighted by Crippen LogP contribution is -2.29. The fourth-order valence-electron chi connectivity index (χ4n) is 1.09. The van der Waals surface area contributed by atoms with Crippen LogP contribution in [0.4, 0.5) is 0 Å². The molecule has 0 radical (unpaired) electrons. The van der Waals surface area contributed by atoms with Crippen LogP contribution in [0.15, 0.2) is 0 Å². The molecule has 124 valence electrons. The van der Waals surface area contributed by atoms with Gasteiger partial charge < -0.3 is 14.4 Å². The van der Waals surface area contributed by atoms with Crippen LogP contribution in [-0.4, -0.2) is 42.8 Å². The van der Waals surface area contributed by atoms with Crippen LogP contribution < -0.4 is 0 Å². The van der Waals surface area contributed by atoms with E-state index in [2.05, 4.69) is 4.52 Å². The summed E-state index contributed by atoms with van der Waals surface area (Å²) in [6.07, 6.45) is -0.107. The number of phosphoric acid groups is 1. The summed E-state index contributed by atoms with van der Waals surface area (Å²) in [4.78, 5) is 31.7. The average molecular weight is 326 g/mol. The molecule has 1 unspecified atom stereocenters. The summed E-state index contributed by atoms with van der Waals surface area (Å²) in [6.45, 7) is 4.41. The van der Waals surface area contributed by atoms with Gasteiger partial charge in [0.1, 0.15) is 6.61 Å². The van der Waals surface area contributed by atoms with E-state index >= 15 is 0 Å². The number of rotatable bonds is 11. The van der Waals surface area contributed by atoms with Gasteiger partial charge in [0.05, 0.1) is 13.2 Å². The molecule has 2 atom stereocenters. The Labute approximate surface area is 124 Å². The highest BCUT2D eigenvalue weighted by Gasteiger charge is 2.25. The van der Waals surface area contributed by atoms with E-state index in [-0.39, 0.29) is 26.1 Å². The third kappa shape index (κ3) is 10.4. The first kappa shape index (κ1) is 20.1. The van der Waals surface area contributed by atoms with Crippen LogP contribution >= 0.6 is 7.82 Å². The minimum absolute atomic E-state index is 0.0675. The van der Waals surface area contributed by atoms with E-state index in [4.69, 9.17) is 14.0 Å². The van der Waals surface area contributed by atoms with Crippen LogP contribution in [0.5, 0.6) is 0 Å². The molecular formula is C12H23O8P. The number of esters is 2. The van der Waals surface area contributed by atoms with Crippen molar-refractivity contribution in [3.8, 4) is 0 Å². The van der Waals surface area contributed by atoms with E-state index in [1.54, 1.807) is 20.8 Å². The first-order chi connectivity index (χ1) is 9.84. The second-order valence-electron chi connectivity index (χ2n) is 4.10. The molecule has 0 fully saturated rings. The number of phosphoric ester groups is 1. The van der Waals surface area contributed by atoms with Crippen molar-refractivity contribution in [3.05, 3.63) is 0 Å². The van der Waals surface area contributed by atoms with Gasteiger partial charge in [0.2, 0.25) is 0 Å². The van der Waals surface area contributed by atoms with E-state index in [1.807, 2.05) is 0 Å². The maximum absolute atomic E-state index is 11.5. The first-order valence-electron chi connectivity index (χ1n) is 6.81. The van der Waals surface area contributed by atoms with Gasteiger partial charge in [0.15, 0.2) is 6.10 Å². The summed E-state index contributed by atoms with van der Waals surface area (Å²) in [5.74, 6) is -1.000. The number of hydrogen-bond acceptors (Lipinski definition) is 7. The number of hydrogen-bond donors (Lipinski definition) is 1. The molecule has 0 heterocycles. The Morgan fingerprint density at radius 1 is 1.05 bits per heavy atom. The van der Waals surface area contributed by atoms with Gasteiger partial charge in [-0.05, 0) is 6.42 Å². The van der Waals surface area contributed by atoms with Gasteiger partial charge in [-0.2, -0.15) is 0 Å². The van der Waals surface area contributed by atoms with Crippen molar-refractivity contribution >= 4 is 19.8 Å². The second-order valence-corrected chi connectivity index (χ2v) is 5.55. The van der Waals surface area contributed by atoms with E-state index in [0.717, 1.165) is 0 Å². The summed E-state index contributed by atoms with van der Waals surface area (Å²) >= 11 is 0. The lowest BCUT2D eigenvalue weighted by molar-refractivity contribution is -0.160. The molecule has 8 nitrogen and oxygen atoms in total. The quantitative estimate of drug-likeness (QED) is 0.452. The van der Waals surface area contributed by atoms with Crippen molar-refractivity contribution in [1.82, 2.24) is 0 Å². The van der Waals surface area contributed by atoms with E-state index < -0.39 is 32.5 Å². The first-order valence-corrected chi connectivity index (χ1v) is 8.31. The molecule has 0 aliphatic heterocycles. The molecule has 0 aliphatic carbocycles. The Morgan fingerprint density at radius 2 is 1.67 bits per heavy atom. The Kier molecular flexibility index (Phi) is 10.2. The van der Waals surface area contributed by atoms with Crippen molar-refractivity contribution in [1.29, 1.82) is 0 Å². The molecule has 0 aromatic carbocycles. The molecule has 0 rings (SSSR count). The van der Waals surface area contributed by atoms with E-state index in [1.165, 1.54) is 0 Å². The predicted molar refractivity (Wildman–Crippen MR) is 73.4 cm³/mol. The van der Waals surface area contributed by atoms with Gasteiger partial charge in [0.25, 0.3) is 0 Å². The summed E-state index contributed by atoms with van der Waals surface area (Å²) in [5.41, 5.74) is 0. The Hall–Kier alpha value is -0.950. The number of carbonyl (C=O) groups is 2. The summed E-state index contributed by atoms with van der Waals surface area (Å²) < 4.78 is 30.7. The lowest BCUT2D eigenvalue weighted by Gasteiger charge is -2.19. The van der Waals surface area contributed by atoms with E-state index in [0.29, 0.717) is 6.42 Å². The molecule has 0 aliphatic rings. The lowest BCUT2D eigenvalue weighted by atomic mass is 10.4. The molecule has 0 spiro atoms. The third-order valence-corrected chi connectivity index (χ3v) is 3.17. The van der Waals surface area contributed by atoms with Crippen molar-refractivity contribution in [3.63, 3.8) is 0 Å². The Balaban J connectivity index is 4.41. The van der Waals surface area contributed by atoms with Gasteiger partial charge in [0, 0.05) is 12.8 Å². The van der Waals surface area contributed by atoms with Crippen molar-refractivity contribution in [2.24, 2.45) is 0 Å². The highest BCUT2D eigenvalue weighted by Crippen LogP contribution is 2.43. The smallest absolute Gasteiger partial charge is 0.462 e. The topological polar surface area (TPSA) is 108 Å². The van der Waals surface area contributed by atoms with Gasteiger partial charge in [-0.25, -0.2) is 4.57 Å². The van der Waals surface area contributed by atoms with Gasteiger partial charge in [-0.3, -0.25) is 18.6 Å². The van der Waals surface area contributed by atoms with Crippen molar-refractivity contribution < 1.29 is 37.6 Å². The Bertz CT molecular complexity index is 370. The molecule has 21 heavy (non-hydrogen) atoms. The highest BCUT2D eigenvalue weighted by atomic mass is 31.2. The van der Waals surface area contributed by atoms with Crippen LogP contribution in [0.3, 0.4) is 0 Å². The normalized spacial score (nSPS) is 15.0. The SMILES string of the molecule is CCCOP(=O)(O)OC[C@H](COC(=O)CC)OC(=O)CC. The average Bonchev–Trinajstić information content (AvgIpc) is 2.47. The maximum atomic E-state index is 11.5. The molecule has 0 aromatic heterocycles. The molecule has 9 heteroatoms. The summed E-state index contributed by atoms with van der Waals surface area (Å²) in [7, 11) is -4.20. The zero-order valence-electron chi connectivity index (χ0n) is 12.6. The Morgan fingerprint density at radius 3 is 2.19 bits per heavy atom. The number of ether oxygens (including phenoxy) is 2. The van der Waals surface area contributed by atoms with Crippen LogP contribution in [0.25, 0.3) is 0 Å². The molecule has 1 N–H and O–H groups in total. The zero-order chi connectivity index (χ0) is 16.3. The third-order valence-electron chi connectivity index (χ3n) is 2.19. The molecule has 0 saturated heterocycles. The van der Waals surface area contributed by atoms with Crippen LogP contribution in [0, 0.1) is 0 Å². The zero-order valence-corrected chi connectivity index (χ0v) is 13.5. The fourth-order valence-corrected chi connectivity index (χ4v) is 1.94. The second kappa shape index (κ2) is 10.7. The summed E-state index contributed by atoms with van der Waals surface area (Å²) in [6, 6.07) is 0. The number of carbonyl (C=O) groups excluding carboxylic acids is 2. The van der Waals surface area contributed by atoms with Crippen molar-refractivity contribution in [2.45, 2.75) is 46.1 Å². The molecule has 0 bridgehead atoms. The van der Waals surface area contributed by atoms with Crippen molar-refractivity contribution in [2.75, 3.05) is 19.8 Å². The van der Waals surface area contributed by atoms with E-state index in [9.17, 15) is 19.0 Å². The van der Waals surface area contributed by atoms with Gasteiger partial charge >= 0.3 is 19.8 Å².